The number of ether oxygens (including phenoxy) is 2. The zero-order valence-electron chi connectivity index (χ0n) is 13.0. The quantitative estimate of drug-likeness (QED) is 0.831. The van der Waals surface area contributed by atoms with E-state index < -0.39 is 18.1 Å². The van der Waals surface area contributed by atoms with Crippen molar-refractivity contribution >= 4 is 11.8 Å². The molecule has 0 aliphatic heterocycles. The molecule has 2 aliphatic carbocycles. The first-order valence-electron chi connectivity index (χ1n) is 7.85. The van der Waals surface area contributed by atoms with Gasteiger partial charge < -0.3 is 20.3 Å². The first kappa shape index (κ1) is 15.8. The third kappa shape index (κ3) is 3.03. The molecule has 2 aliphatic rings. The highest BCUT2D eigenvalue weighted by molar-refractivity contribution is 5.89. The normalized spacial score (nSPS) is 27.0. The number of ketones is 1. The van der Waals surface area contributed by atoms with Crippen LogP contribution in [0.3, 0.4) is 0 Å². The number of aliphatic carboxylic acids is 1. The number of carboxylic acid groups (broad SMARTS) is 1. The summed E-state index contributed by atoms with van der Waals surface area (Å²) in [6.07, 6.45) is 2.29. The van der Waals surface area contributed by atoms with E-state index in [0.717, 1.165) is 19.3 Å². The summed E-state index contributed by atoms with van der Waals surface area (Å²) >= 11 is 0. The zero-order valence-corrected chi connectivity index (χ0v) is 13.0. The summed E-state index contributed by atoms with van der Waals surface area (Å²) in [5.41, 5.74) is 6.56. The molecule has 1 aromatic carbocycles. The lowest BCUT2D eigenvalue weighted by atomic mass is 9.96. The Balaban J connectivity index is 1.82. The summed E-state index contributed by atoms with van der Waals surface area (Å²) < 4.78 is 11.3. The van der Waals surface area contributed by atoms with Crippen molar-refractivity contribution < 1.29 is 24.2 Å². The van der Waals surface area contributed by atoms with Gasteiger partial charge in [-0.25, -0.2) is 0 Å². The van der Waals surface area contributed by atoms with Gasteiger partial charge in [-0.2, -0.15) is 0 Å². The molecular weight excluding hydrogens is 298 g/mol. The lowest BCUT2D eigenvalue weighted by Gasteiger charge is -2.23. The van der Waals surface area contributed by atoms with Gasteiger partial charge in [-0.1, -0.05) is 6.07 Å². The summed E-state index contributed by atoms with van der Waals surface area (Å²) in [6.45, 7) is 0. The Morgan fingerprint density at radius 1 is 1.39 bits per heavy atom. The van der Waals surface area contributed by atoms with Gasteiger partial charge in [0.1, 0.15) is 0 Å². The zero-order chi connectivity index (χ0) is 16.6. The molecule has 2 saturated carbocycles. The van der Waals surface area contributed by atoms with Crippen molar-refractivity contribution in [3.63, 3.8) is 0 Å². The molecule has 6 nitrogen and oxygen atoms in total. The Labute approximate surface area is 134 Å². The highest BCUT2D eigenvalue weighted by Gasteiger charge is 2.48. The van der Waals surface area contributed by atoms with E-state index in [2.05, 4.69) is 0 Å². The Kier molecular flexibility index (Phi) is 4.26. The number of rotatable bonds is 6. The second-order valence-corrected chi connectivity index (χ2v) is 6.33. The van der Waals surface area contributed by atoms with E-state index in [1.54, 1.807) is 18.2 Å². The van der Waals surface area contributed by atoms with Crippen molar-refractivity contribution in [1.82, 2.24) is 0 Å². The molecule has 0 aromatic heterocycles. The lowest BCUT2D eigenvalue weighted by Crippen LogP contribution is -2.33. The molecule has 2 bridgehead atoms. The van der Waals surface area contributed by atoms with E-state index in [9.17, 15) is 9.59 Å². The molecule has 0 amide bonds. The van der Waals surface area contributed by atoms with Gasteiger partial charge in [0.25, 0.3) is 0 Å². The maximum atomic E-state index is 12.3. The van der Waals surface area contributed by atoms with Gasteiger partial charge in [-0.05, 0) is 37.0 Å². The molecule has 0 heterocycles. The fourth-order valence-electron chi connectivity index (χ4n) is 3.63. The number of nitrogens with two attached hydrogens (primary N) is 1. The Morgan fingerprint density at radius 3 is 2.78 bits per heavy atom. The van der Waals surface area contributed by atoms with Crippen LogP contribution in [0.15, 0.2) is 18.2 Å². The standard InChI is InChI=1S/C17H21NO5/c1-22-13-5-4-9(12(18)8-15(19)20)7-14(13)23-17-11-3-2-10(6-11)16(17)21/h4-5,7,10-12,17H,2-3,6,8,18H2,1H3,(H,19,20). The second kappa shape index (κ2) is 6.20. The van der Waals surface area contributed by atoms with Crippen molar-refractivity contribution in [3.8, 4) is 11.5 Å². The molecule has 2 fully saturated rings. The number of hydrogen-bond acceptors (Lipinski definition) is 5. The van der Waals surface area contributed by atoms with E-state index in [1.165, 1.54) is 7.11 Å². The van der Waals surface area contributed by atoms with Gasteiger partial charge in [0.05, 0.1) is 13.5 Å². The maximum absolute atomic E-state index is 12.3. The van der Waals surface area contributed by atoms with E-state index in [4.69, 9.17) is 20.3 Å². The lowest BCUT2D eigenvalue weighted by molar-refractivity contribution is -0.137. The van der Waals surface area contributed by atoms with Gasteiger partial charge in [-0.3, -0.25) is 9.59 Å². The summed E-state index contributed by atoms with van der Waals surface area (Å²) in [7, 11) is 1.53. The Hall–Kier alpha value is -2.08. The van der Waals surface area contributed by atoms with Crippen molar-refractivity contribution in [2.75, 3.05) is 7.11 Å². The molecule has 4 unspecified atom stereocenters. The molecule has 1 aromatic rings. The number of methoxy groups -OCH3 is 1. The van der Waals surface area contributed by atoms with Crippen molar-refractivity contribution in [3.05, 3.63) is 23.8 Å². The minimum Gasteiger partial charge on any atom is -0.493 e. The predicted molar refractivity (Wildman–Crippen MR) is 82.4 cm³/mol. The molecule has 6 heteroatoms. The van der Waals surface area contributed by atoms with Crippen LogP contribution in [0.4, 0.5) is 0 Å². The van der Waals surface area contributed by atoms with Crippen LogP contribution in [0, 0.1) is 11.8 Å². The predicted octanol–water partition coefficient (Wildman–Crippen LogP) is 1.92. The van der Waals surface area contributed by atoms with Crippen LogP contribution in [-0.4, -0.2) is 30.1 Å². The first-order chi connectivity index (χ1) is 11.0. The van der Waals surface area contributed by atoms with E-state index in [0.29, 0.717) is 17.1 Å². The fourth-order valence-corrected chi connectivity index (χ4v) is 3.63. The number of hydrogen-bond donors (Lipinski definition) is 2. The van der Waals surface area contributed by atoms with Crippen LogP contribution in [0.5, 0.6) is 11.5 Å². The minimum atomic E-state index is -0.959. The van der Waals surface area contributed by atoms with Crippen LogP contribution in [-0.2, 0) is 9.59 Å². The minimum absolute atomic E-state index is 0.133. The Morgan fingerprint density at radius 2 is 2.17 bits per heavy atom. The van der Waals surface area contributed by atoms with Gasteiger partial charge in [-0.15, -0.1) is 0 Å². The summed E-state index contributed by atoms with van der Waals surface area (Å²) in [4.78, 5) is 23.1. The first-order valence-corrected chi connectivity index (χ1v) is 7.85. The van der Waals surface area contributed by atoms with E-state index >= 15 is 0 Å². The van der Waals surface area contributed by atoms with Crippen LogP contribution >= 0.6 is 0 Å². The molecular formula is C17H21NO5. The molecule has 0 radical (unpaired) electrons. The number of benzene rings is 1. The topological polar surface area (TPSA) is 98.8 Å². The molecule has 3 rings (SSSR count). The highest BCUT2D eigenvalue weighted by atomic mass is 16.5. The van der Waals surface area contributed by atoms with Gasteiger partial charge in [0, 0.05) is 17.9 Å². The van der Waals surface area contributed by atoms with Crippen LogP contribution in [0.1, 0.15) is 37.3 Å². The fraction of sp³-hybridized carbons (Fsp3) is 0.529. The average Bonchev–Trinajstić information content (AvgIpc) is 3.10. The van der Waals surface area contributed by atoms with Crippen LogP contribution < -0.4 is 15.2 Å². The van der Waals surface area contributed by atoms with Crippen LogP contribution in [0.2, 0.25) is 0 Å². The monoisotopic (exact) mass is 319 g/mol. The van der Waals surface area contributed by atoms with Gasteiger partial charge >= 0.3 is 5.97 Å². The molecule has 0 saturated heterocycles. The maximum Gasteiger partial charge on any atom is 0.305 e. The summed E-state index contributed by atoms with van der Waals surface area (Å²) in [5.74, 6) is 0.591. The number of carboxylic acids is 1. The number of Topliss-reactive ketones (excluding diaryl/α,β-unsaturated/α-hetero) is 1. The van der Waals surface area contributed by atoms with Gasteiger partial charge in [0.2, 0.25) is 0 Å². The third-order valence-electron chi connectivity index (χ3n) is 4.85. The average molecular weight is 319 g/mol. The second-order valence-electron chi connectivity index (χ2n) is 6.33. The van der Waals surface area contributed by atoms with Crippen LogP contribution in [0.25, 0.3) is 0 Å². The number of carbonyl (C=O) groups excluding carboxylic acids is 1. The molecule has 4 atom stereocenters. The molecule has 124 valence electrons. The molecule has 0 spiro atoms. The van der Waals surface area contributed by atoms with Gasteiger partial charge in [0.15, 0.2) is 23.4 Å². The van der Waals surface area contributed by atoms with Crippen molar-refractivity contribution in [2.45, 2.75) is 37.8 Å². The largest absolute Gasteiger partial charge is 0.493 e. The Bertz CT molecular complexity index is 629. The smallest absolute Gasteiger partial charge is 0.305 e. The van der Waals surface area contributed by atoms with E-state index in [-0.39, 0.29) is 24.0 Å². The number of carbonyl (C=O) groups is 2. The summed E-state index contributed by atoms with van der Waals surface area (Å²) in [5, 5.41) is 8.87. The van der Waals surface area contributed by atoms with E-state index in [1.807, 2.05) is 0 Å². The van der Waals surface area contributed by atoms with Crippen molar-refractivity contribution in [1.29, 1.82) is 0 Å². The molecule has 3 N–H and O–H groups in total. The third-order valence-corrected chi connectivity index (χ3v) is 4.85. The number of fused-ring (bicyclic) bond motifs is 2. The van der Waals surface area contributed by atoms with Crippen molar-refractivity contribution in [2.24, 2.45) is 17.6 Å². The molecule has 23 heavy (non-hydrogen) atoms. The summed E-state index contributed by atoms with van der Waals surface area (Å²) in [6, 6.07) is 4.48. The highest BCUT2D eigenvalue weighted by Crippen LogP contribution is 2.45. The SMILES string of the molecule is COc1ccc(C(N)CC(=O)O)cc1OC1C(=O)C2CCC1C2.